The molecular formula is C30H40O2. The fourth-order valence-electron chi connectivity index (χ4n) is 4.47. The number of ether oxygens (including phenoxy) is 1. The summed E-state index contributed by atoms with van der Waals surface area (Å²) in [6, 6.07) is 18.5. The Kier molecular flexibility index (Phi) is 7.32. The third kappa shape index (κ3) is 6.12. The molecule has 0 fully saturated rings. The van der Waals surface area contributed by atoms with E-state index in [0.29, 0.717) is 12.5 Å². The molecule has 0 bridgehead atoms. The second-order valence-corrected chi connectivity index (χ2v) is 11.2. The molecule has 0 N–H and O–H groups in total. The smallest absolute Gasteiger partial charge is 0.302 e. The van der Waals surface area contributed by atoms with E-state index in [1.54, 1.807) is 0 Å². The van der Waals surface area contributed by atoms with Gasteiger partial charge in [0.2, 0.25) is 0 Å². The first kappa shape index (κ1) is 24.3. The number of hydrogen-bond acceptors (Lipinski definition) is 2. The van der Waals surface area contributed by atoms with E-state index in [1.807, 2.05) is 0 Å². The quantitative estimate of drug-likeness (QED) is 0.264. The Morgan fingerprint density at radius 1 is 0.812 bits per heavy atom. The normalized spacial score (nSPS) is 13.5. The summed E-state index contributed by atoms with van der Waals surface area (Å²) in [4.78, 5) is 10.9. The van der Waals surface area contributed by atoms with Gasteiger partial charge in [0.25, 0.3) is 0 Å². The van der Waals surface area contributed by atoms with Crippen LogP contribution in [0.15, 0.2) is 48.5 Å². The highest BCUT2D eigenvalue weighted by atomic mass is 16.5. The molecule has 0 spiro atoms. The molecule has 0 aromatic heterocycles. The van der Waals surface area contributed by atoms with E-state index in [4.69, 9.17) is 4.74 Å². The van der Waals surface area contributed by atoms with Crippen molar-refractivity contribution in [2.45, 2.75) is 85.0 Å². The molecule has 3 aromatic carbocycles. The van der Waals surface area contributed by atoms with Crippen molar-refractivity contribution in [3.8, 4) is 0 Å². The highest BCUT2D eigenvalue weighted by molar-refractivity contribution is 5.98. The average molecular weight is 433 g/mol. The summed E-state index contributed by atoms with van der Waals surface area (Å²) in [5.41, 5.74) is 3.07. The first-order valence-electron chi connectivity index (χ1n) is 12.1. The largest absolute Gasteiger partial charge is 0.466 e. The van der Waals surface area contributed by atoms with Gasteiger partial charge in [-0.15, -0.1) is 0 Å². The number of fused-ring (bicyclic) bond motifs is 2. The SMILES string of the molecule is CC(=O)OCCC(C)CCCC(C)(C)c1ccc2cc3ccc(C(C)(C)C)cc3cc2c1. The molecule has 0 saturated carbocycles. The number of carbonyl (C=O) groups excluding carboxylic acids is 1. The van der Waals surface area contributed by atoms with Gasteiger partial charge in [-0.25, -0.2) is 0 Å². The Bertz CT molecular complexity index is 1090. The van der Waals surface area contributed by atoms with Crippen LogP contribution < -0.4 is 0 Å². The van der Waals surface area contributed by atoms with E-state index in [1.165, 1.54) is 52.4 Å². The van der Waals surface area contributed by atoms with Crippen LogP contribution >= 0.6 is 0 Å². The lowest BCUT2D eigenvalue weighted by atomic mass is 9.78. The fraction of sp³-hybridized carbons (Fsp3) is 0.500. The Morgan fingerprint density at radius 3 is 1.97 bits per heavy atom. The summed E-state index contributed by atoms with van der Waals surface area (Å²) < 4.78 is 5.09. The molecule has 0 amide bonds. The Morgan fingerprint density at radius 2 is 1.38 bits per heavy atom. The molecule has 0 radical (unpaired) electrons. The topological polar surface area (TPSA) is 26.3 Å². The minimum Gasteiger partial charge on any atom is -0.466 e. The van der Waals surface area contributed by atoms with Crippen molar-refractivity contribution in [3.05, 3.63) is 59.7 Å². The Labute approximate surface area is 194 Å². The van der Waals surface area contributed by atoms with E-state index >= 15 is 0 Å². The molecule has 2 heteroatoms. The Hall–Kier alpha value is -2.35. The van der Waals surface area contributed by atoms with Crippen molar-refractivity contribution in [1.82, 2.24) is 0 Å². The summed E-state index contributed by atoms with van der Waals surface area (Å²) in [5.74, 6) is 0.391. The van der Waals surface area contributed by atoms with Gasteiger partial charge in [-0.3, -0.25) is 4.79 Å². The third-order valence-electron chi connectivity index (χ3n) is 6.86. The van der Waals surface area contributed by atoms with Crippen LogP contribution in [0, 0.1) is 5.92 Å². The molecule has 2 nitrogen and oxygen atoms in total. The zero-order valence-electron chi connectivity index (χ0n) is 21.0. The van der Waals surface area contributed by atoms with Crippen LogP contribution in [0.4, 0.5) is 0 Å². The highest BCUT2D eigenvalue weighted by Gasteiger charge is 2.21. The van der Waals surface area contributed by atoms with Crippen molar-refractivity contribution in [2.75, 3.05) is 6.61 Å². The fourth-order valence-corrected chi connectivity index (χ4v) is 4.47. The lowest BCUT2D eigenvalue weighted by Gasteiger charge is -2.26. The number of esters is 1. The molecule has 172 valence electrons. The van der Waals surface area contributed by atoms with Crippen molar-refractivity contribution in [2.24, 2.45) is 5.92 Å². The van der Waals surface area contributed by atoms with Gasteiger partial charge in [-0.2, -0.15) is 0 Å². The van der Waals surface area contributed by atoms with Crippen LogP contribution in [0.25, 0.3) is 21.5 Å². The van der Waals surface area contributed by atoms with Gasteiger partial charge in [-0.05, 0) is 74.4 Å². The maximum atomic E-state index is 10.9. The highest BCUT2D eigenvalue weighted by Crippen LogP contribution is 2.34. The molecule has 0 aliphatic heterocycles. The van der Waals surface area contributed by atoms with Crippen LogP contribution in [0.5, 0.6) is 0 Å². The van der Waals surface area contributed by atoms with E-state index in [9.17, 15) is 4.79 Å². The van der Waals surface area contributed by atoms with Gasteiger partial charge in [0.1, 0.15) is 0 Å². The van der Waals surface area contributed by atoms with Gasteiger partial charge in [0.15, 0.2) is 0 Å². The minimum atomic E-state index is -0.183. The number of carbonyl (C=O) groups is 1. The number of hydrogen-bond donors (Lipinski definition) is 0. The van der Waals surface area contributed by atoms with E-state index in [2.05, 4.69) is 90.1 Å². The molecule has 0 heterocycles. The summed E-state index contributed by atoms with van der Waals surface area (Å²) in [7, 11) is 0. The van der Waals surface area contributed by atoms with Gasteiger partial charge in [0, 0.05) is 6.92 Å². The van der Waals surface area contributed by atoms with Crippen LogP contribution in [0.3, 0.4) is 0 Å². The third-order valence-corrected chi connectivity index (χ3v) is 6.86. The second kappa shape index (κ2) is 9.65. The molecule has 1 unspecified atom stereocenters. The second-order valence-electron chi connectivity index (χ2n) is 11.2. The van der Waals surface area contributed by atoms with Crippen molar-refractivity contribution in [3.63, 3.8) is 0 Å². The summed E-state index contributed by atoms with van der Waals surface area (Å²) in [6.07, 6.45) is 4.44. The monoisotopic (exact) mass is 432 g/mol. The number of rotatable bonds is 8. The maximum absolute atomic E-state index is 10.9. The summed E-state index contributed by atoms with van der Waals surface area (Å²) in [5, 5.41) is 5.25. The van der Waals surface area contributed by atoms with Gasteiger partial charge >= 0.3 is 5.97 Å². The first-order chi connectivity index (χ1) is 15.0. The molecule has 0 aliphatic carbocycles. The molecule has 1 atom stereocenters. The zero-order valence-corrected chi connectivity index (χ0v) is 21.0. The molecule has 0 aliphatic rings. The summed E-state index contributed by atoms with van der Waals surface area (Å²) >= 11 is 0. The molecule has 32 heavy (non-hydrogen) atoms. The van der Waals surface area contributed by atoms with Crippen molar-refractivity contribution >= 4 is 27.5 Å². The van der Waals surface area contributed by atoms with Crippen molar-refractivity contribution in [1.29, 1.82) is 0 Å². The lowest BCUT2D eigenvalue weighted by Crippen LogP contribution is -2.17. The minimum absolute atomic E-state index is 0.131. The zero-order chi connectivity index (χ0) is 23.5. The number of benzene rings is 3. The molecule has 0 saturated heterocycles. The van der Waals surface area contributed by atoms with Gasteiger partial charge in [0.05, 0.1) is 6.61 Å². The van der Waals surface area contributed by atoms with Crippen LogP contribution in [0.2, 0.25) is 0 Å². The van der Waals surface area contributed by atoms with Crippen LogP contribution in [-0.4, -0.2) is 12.6 Å². The predicted octanol–water partition coefficient (Wildman–Crippen LogP) is 8.33. The average Bonchev–Trinajstić information content (AvgIpc) is 2.70. The van der Waals surface area contributed by atoms with Gasteiger partial charge < -0.3 is 4.74 Å². The van der Waals surface area contributed by atoms with Gasteiger partial charge in [-0.1, -0.05) is 90.8 Å². The molecular weight excluding hydrogens is 392 g/mol. The lowest BCUT2D eigenvalue weighted by molar-refractivity contribution is -0.141. The first-order valence-corrected chi connectivity index (χ1v) is 12.1. The van der Waals surface area contributed by atoms with E-state index in [0.717, 1.165) is 12.8 Å². The summed E-state index contributed by atoms with van der Waals surface area (Å²) in [6.45, 7) is 15.8. The van der Waals surface area contributed by atoms with Crippen LogP contribution in [0.1, 0.15) is 85.3 Å². The maximum Gasteiger partial charge on any atom is 0.302 e. The van der Waals surface area contributed by atoms with E-state index < -0.39 is 0 Å². The molecule has 3 rings (SSSR count). The van der Waals surface area contributed by atoms with Crippen molar-refractivity contribution < 1.29 is 9.53 Å². The molecule has 3 aromatic rings. The van der Waals surface area contributed by atoms with Crippen LogP contribution in [-0.2, 0) is 20.4 Å². The predicted molar refractivity (Wildman–Crippen MR) is 137 cm³/mol. The standard InChI is InChI=1S/C30H40O2/c1-21(14-16-32-22(2)31)9-8-15-30(6,7)28-13-11-24-17-23-10-12-27(29(3,4)5)19-25(23)18-26(24)20-28/h10-13,17-21H,8-9,14-16H2,1-7H3. The Balaban J connectivity index is 1.73. The van der Waals surface area contributed by atoms with E-state index in [-0.39, 0.29) is 16.8 Å².